The smallest absolute Gasteiger partial charge is 0.387 e. The van der Waals surface area contributed by atoms with Crippen LogP contribution in [0.25, 0.3) is 0 Å². The molecule has 1 fully saturated rings. The van der Waals surface area contributed by atoms with Crippen LogP contribution in [0.5, 0.6) is 11.5 Å². The van der Waals surface area contributed by atoms with Gasteiger partial charge in [-0.25, -0.2) is 0 Å². The summed E-state index contributed by atoms with van der Waals surface area (Å²) in [6.07, 6.45) is 8.45. The zero-order valence-electron chi connectivity index (χ0n) is 14.7. The van der Waals surface area contributed by atoms with Crippen LogP contribution in [0.2, 0.25) is 0 Å². The van der Waals surface area contributed by atoms with Gasteiger partial charge < -0.3 is 14.8 Å². The fourth-order valence-corrected chi connectivity index (χ4v) is 3.31. The first-order valence-corrected chi connectivity index (χ1v) is 8.97. The summed E-state index contributed by atoms with van der Waals surface area (Å²) < 4.78 is 34.3. The van der Waals surface area contributed by atoms with Crippen molar-refractivity contribution in [1.29, 1.82) is 0 Å². The first kappa shape index (κ1) is 19.5. The van der Waals surface area contributed by atoms with Gasteiger partial charge in [-0.2, -0.15) is 8.78 Å². The maximum Gasteiger partial charge on any atom is 0.387 e. The highest BCUT2D eigenvalue weighted by Gasteiger charge is 2.15. The van der Waals surface area contributed by atoms with Gasteiger partial charge in [-0.05, 0) is 36.5 Å². The van der Waals surface area contributed by atoms with Crippen molar-refractivity contribution in [3.05, 3.63) is 23.8 Å². The van der Waals surface area contributed by atoms with Crippen molar-refractivity contribution in [2.45, 2.75) is 58.0 Å². The van der Waals surface area contributed by atoms with E-state index in [4.69, 9.17) is 4.74 Å². The molecule has 2 rings (SSSR count). The Labute approximate surface area is 147 Å². The minimum Gasteiger partial charge on any atom is -0.493 e. The number of alkyl halides is 2. The largest absolute Gasteiger partial charge is 0.493 e. The molecule has 25 heavy (non-hydrogen) atoms. The second-order valence-corrected chi connectivity index (χ2v) is 6.51. The van der Waals surface area contributed by atoms with E-state index in [-0.39, 0.29) is 17.4 Å². The van der Waals surface area contributed by atoms with E-state index in [2.05, 4.69) is 10.1 Å². The summed E-state index contributed by atoms with van der Waals surface area (Å²) in [7, 11) is 1.40. The van der Waals surface area contributed by atoms with Crippen LogP contribution in [-0.4, -0.2) is 26.2 Å². The Balaban J connectivity index is 1.73. The molecule has 1 N–H and O–H groups in total. The van der Waals surface area contributed by atoms with E-state index in [0.29, 0.717) is 25.3 Å². The lowest BCUT2D eigenvalue weighted by molar-refractivity contribution is -0.121. The quantitative estimate of drug-likeness (QED) is 0.718. The van der Waals surface area contributed by atoms with Gasteiger partial charge in [0.15, 0.2) is 11.5 Å². The molecule has 1 saturated carbocycles. The highest BCUT2D eigenvalue weighted by atomic mass is 19.3. The summed E-state index contributed by atoms with van der Waals surface area (Å²) in [5.74, 6) is 1.03. The zero-order chi connectivity index (χ0) is 18.1. The number of hydrogen-bond donors (Lipinski definition) is 1. The van der Waals surface area contributed by atoms with Gasteiger partial charge in [-0.3, -0.25) is 4.79 Å². The van der Waals surface area contributed by atoms with Gasteiger partial charge in [0, 0.05) is 13.0 Å². The average Bonchev–Trinajstić information content (AvgIpc) is 2.60. The number of benzene rings is 1. The van der Waals surface area contributed by atoms with Gasteiger partial charge in [0.05, 0.1) is 7.11 Å². The van der Waals surface area contributed by atoms with Crippen molar-refractivity contribution >= 4 is 5.91 Å². The molecule has 1 aliphatic rings. The normalized spacial score (nSPS) is 15.2. The van der Waals surface area contributed by atoms with E-state index in [0.717, 1.165) is 12.0 Å². The van der Waals surface area contributed by atoms with Crippen molar-refractivity contribution in [3.8, 4) is 11.5 Å². The first-order chi connectivity index (χ1) is 12.1. The van der Waals surface area contributed by atoms with Gasteiger partial charge in [0.1, 0.15) is 0 Å². The molecule has 0 atom stereocenters. The number of carbonyl (C=O) groups excluding carboxylic acids is 1. The molecule has 0 saturated heterocycles. The molecule has 0 unspecified atom stereocenters. The Morgan fingerprint density at radius 1 is 1.24 bits per heavy atom. The van der Waals surface area contributed by atoms with Gasteiger partial charge in [-0.15, -0.1) is 0 Å². The summed E-state index contributed by atoms with van der Waals surface area (Å²) in [5, 5.41) is 2.90. The van der Waals surface area contributed by atoms with Crippen LogP contribution < -0.4 is 14.8 Å². The fraction of sp³-hybridized carbons (Fsp3) is 0.632. The van der Waals surface area contributed by atoms with Crippen LogP contribution in [0.3, 0.4) is 0 Å². The SMILES string of the molecule is COc1ccc(CCNC(=O)CCC2CCCCC2)cc1OC(F)F. The Kier molecular flexibility index (Phi) is 7.95. The Hall–Kier alpha value is -1.85. The van der Waals surface area contributed by atoms with Crippen LogP contribution in [0.1, 0.15) is 50.5 Å². The van der Waals surface area contributed by atoms with E-state index in [1.807, 2.05) is 0 Å². The standard InChI is InChI=1S/C19H27F2NO3/c1-24-16-9-7-15(13-17(16)25-19(20)21)11-12-22-18(23)10-8-14-5-3-2-4-6-14/h7,9,13-14,19H,2-6,8,10-12H2,1H3,(H,22,23). The van der Waals surface area contributed by atoms with Gasteiger partial charge >= 0.3 is 6.61 Å². The van der Waals surface area contributed by atoms with Crippen molar-refractivity contribution in [1.82, 2.24) is 5.32 Å². The van der Waals surface area contributed by atoms with Gasteiger partial charge in [0.2, 0.25) is 5.91 Å². The summed E-state index contributed by atoms with van der Waals surface area (Å²) in [6.45, 7) is -2.42. The third kappa shape index (κ3) is 6.88. The van der Waals surface area contributed by atoms with Crippen LogP contribution in [0, 0.1) is 5.92 Å². The summed E-state index contributed by atoms with van der Waals surface area (Å²) in [5.41, 5.74) is 0.809. The number of amides is 1. The lowest BCUT2D eigenvalue weighted by atomic mass is 9.86. The predicted molar refractivity (Wildman–Crippen MR) is 92.1 cm³/mol. The zero-order valence-corrected chi connectivity index (χ0v) is 14.7. The molecule has 0 bridgehead atoms. The lowest BCUT2D eigenvalue weighted by Crippen LogP contribution is -2.26. The number of rotatable bonds is 9. The maximum atomic E-state index is 12.4. The summed E-state index contributed by atoms with van der Waals surface area (Å²) >= 11 is 0. The molecule has 0 aliphatic heterocycles. The van der Waals surface area contributed by atoms with E-state index in [1.165, 1.54) is 45.3 Å². The number of methoxy groups -OCH3 is 1. The lowest BCUT2D eigenvalue weighted by Gasteiger charge is -2.21. The van der Waals surface area contributed by atoms with Crippen molar-refractivity contribution in [2.24, 2.45) is 5.92 Å². The monoisotopic (exact) mass is 355 g/mol. The molecule has 1 aliphatic carbocycles. The molecule has 6 heteroatoms. The second-order valence-electron chi connectivity index (χ2n) is 6.51. The number of halogens is 2. The minimum atomic E-state index is -2.90. The van der Waals surface area contributed by atoms with Crippen LogP contribution in [-0.2, 0) is 11.2 Å². The van der Waals surface area contributed by atoms with E-state index in [1.54, 1.807) is 12.1 Å². The summed E-state index contributed by atoms with van der Waals surface area (Å²) in [6, 6.07) is 4.91. The molecule has 4 nitrogen and oxygen atoms in total. The molecular formula is C19H27F2NO3. The third-order valence-electron chi connectivity index (χ3n) is 4.68. The van der Waals surface area contributed by atoms with Crippen molar-refractivity contribution < 1.29 is 23.0 Å². The topological polar surface area (TPSA) is 47.6 Å². The molecule has 0 spiro atoms. The second kappa shape index (κ2) is 10.2. The maximum absolute atomic E-state index is 12.4. The molecule has 1 aromatic carbocycles. The molecule has 0 aromatic heterocycles. The van der Waals surface area contributed by atoms with E-state index >= 15 is 0 Å². The highest BCUT2D eigenvalue weighted by molar-refractivity contribution is 5.75. The molecular weight excluding hydrogens is 328 g/mol. The van der Waals surface area contributed by atoms with E-state index < -0.39 is 6.61 Å². The molecule has 1 amide bonds. The number of ether oxygens (including phenoxy) is 2. The molecule has 140 valence electrons. The molecule has 0 heterocycles. The van der Waals surface area contributed by atoms with Crippen LogP contribution in [0.4, 0.5) is 8.78 Å². The third-order valence-corrected chi connectivity index (χ3v) is 4.68. The Morgan fingerprint density at radius 2 is 2.00 bits per heavy atom. The van der Waals surface area contributed by atoms with Gasteiger partial charge in [-0.1, -0.05) is 38.2 Å². The average molecular weight is 355 g/mol. The number of carbonyl (C=O) groups is 1. The highest BCUT2D eigenvalue weighted by Crippen LogP contribution is 2.29. The fourth-order valence-electron chi connectivity index (χ4n) is 3.31. The molecule has 1 aromatic rings. The Morgan fingerprint density at radius 3 is 2.68 bits per heavy atom. The molecule has 0 radical (unpaired) electrons. The van der Waals surface area contributed by atoms with Crippen molar-refractivity contribution in [2.75, 3.05) is 13.7 Å². The Bertz CT molecular complexity index is 545. The predicted octanol–water partition coefficient (Wildman–Crippen LogP) is 4.32. The van der Waals surface area contributed by atoms with Crippen molar-refractivity contribution in [3.63, 3.8) is 0 Å². The van der Waals surface area contributed by atoms with Crippen LogP contribution >= 0.6 is 0 Å². The number of hydrogen-bond acceptors (Lipinski definition) is 3. The van der Waals surface area contributed by atoms with Gasteiger partial charge in [0.25, 0.3) is 0 Å². The minimum absolute atomic E-state index is 0.0126. The van der Waals surface area contributed by atoms with E-state index in [9.17, 15) is 13.6 Å². The first-order valence-electron chi connectivity index (χ1n) is 8.97. The van der Waals surface area contributed by atoms with Crippen LogP contribution in [0.15, 0.2) is 18.2 Å². The summed E-state index contributed by atoms with van der Waals surface area (Å²) in [4.78, 5) is 11.9. The number of nitrogens with one attached hydrogen (secondary N) is 1.